The van der Waals surface area contributed by atoms with Crippen molar-refractivity contribution in [2.75, 3.05) is 11.9 Å². The minimum Gasteiger partial charge on any atom is -0.394 e. The second kappa shape index (κ2) is 5.66. The first kappa shape index (κ1) is 14.0. The molecule has 0 radical (unpaired) electrons. The third-order valence-electron chi connectivity index (χ3n) is 3.10. The Balaban J connectivity index is 2.39. The molecule has 0 fully saturated rings. The summed E-state index contributed by atoms with van der Waals surface area (Å²) in [6.45, 7) is 1.55. The Bertz CT molecular complexity index is 604. The van der Waals surface area contributed by atoms with E-state index in [1.165, 1.54) is 18.3 Å². The Morgan fingerprint density at radius 3 is 2.60 bits per heavy atom. The number of pyridine rings is 1. The van der Waals surface area contributed by atoms with E-state index in [0.717, 1.165) is 5.56 Å². The zero-order valence-electron chi connectivity index (χ0n) is 11.0. The highest BCUT2D eigenvalue weighted by molar-refractivity contribution is 5.57. The van der Waals surface area contributed by atoms with Crippen LogP contribution < -0.4 is 5.32 Å². The fraction of sp³-hybridized carbons (Fsp3) is 0.214. The molecular formula is C14H15N3O3. The van der Waals surface area contributed by atoms with E-state index < -0.39 is 10.5 Å². The van der Waals surface area contributed by atoms with Crippen molar-refractivity contribution in [1.29, 1.82) is 0 Å². The smallest absolute Gasteiger partial charge is 0.311 e. The largest absolute Gasteiger partial charge is 0.394 e. The van der Waals surface area contributed by atoms with Gasteiger partial charge in [0.15, 0.2) is 0 Å². The first-order valence-electron chi connectivity index (χ1n) is 6.11. The molecule has 1 atom stereocenters. The van der Waals surface area contributed by atoms with E-state index in [1.54, 1.807) is 6.92 Å². The lowest BCUT2D eigenvalue weighted by Gasteiger charge is -2.29. The van der Waals surface area contributed by atoms with E-state index in [4.69, 9.17) is 0 Å². The lowest BCUT2D eigenvalue weighted by atomic mass is 9.93. The Morgan fingerprint density at radius 2 is 2.00 bits per heavy atom. The molecule has 2 N–H and O–H groups in total. The number of aromatic nitrogens is 1. The Morgan fingerprint density at radius 1 is 1.30 bits per heavy atom. The maximum Gasteiger partial charge on any atom is 0.311 e. The van der Waals surface area contributed by atoms with Gasteiger partial charge in [0, 0.05) is 12.3 Å². The number of nitrogens with zero attached hydrogens (tertiary/aromatic N) is 2. The third kappa shape index (κ3) is 2.75. The predicted molar refractivity (Wildman–Crippen MR) is 75.4 cm³/mol. The van der Waals surface area contributed by atoms with Crippen molar-refractivity contribution in [2.24, 2.45) is 0 Å². The van der Waals surface area contributed by atoms with Crippen LogP contribution in [0.1, 0.15) is 12.5 Å². The minimum absolute atomic E-state index is 0.122. The number of aliphatic hydroxyl groups is 1. The van der Waals surface area contributed by atoms with Crippen LogP contribution in [0.15, 0.2) is 48.7 Å². The zero-order chi connectivity index (χ0) is 14.6. The van der Waals surface area contributed by atoms with Gasteiger partial charge in [-0.05, 0) is 18.6 Å². The van der Waals surface area contributed by atoms with Gasteiger partial charge in [0.05, 0.1) is 17.1 Å². The van der Waals surface area contributed by atoms with Gasteiger partial charge in [0.1, 0.15) is 0 Å². The second-order valence-corrected chi connectivity index (χ2v) is 4.61. The average Bonchev–Trinajstić information content (AvgIpc) is 2.48. The van der Waals surface area contributed by atoms with Crippen molar-refractivity contribution < 1.29 is 10.0 Å². The maximum absolute atomic E-state index is 11.0. The third-order valence-corrected chi connectivity index (χ3v) is 3.10. The molecule has 0 aliphatic rings. The van der Waals surface area contributed by atoms with Crippen LogP contribution in [0.2, 0.25) is 0 Å². The number of hydrogen-bond donors (Lipinski definition) is 2. The van der Waals surface area contributed by atoms with Crippen molar-refractivity contribution in [1.82, 2.24) is 4.98 Å². The van der Waals surface area contributed by atoms with Gasteiger partial charge in [0.25, 0.3) is 0 Å². The molecule has 2 rings (SSSR count). The van der Waals surface area contributed by atoms with E-state index >= 15 is 0 Å². The first-order valence-corrected chi connectivity index (χ1v) is 6.11. The molecule has 0 saturated heterocycles. The number of nitro groups is 1. The molecule has 1 aromatic heterocycles. The van der Waals surface area contributed by atoms with Crippen molar-refractivity contribution in [2.45, 2.75) is 12.5 Å². The van der Waals surface area contributed by atoms with Gasteiger partial charge in [0.2, 0.25) is 5.82 Å². The molecule has 1 heterocycles. The number of hydrogen-bond acceptors (Lipinski definition) is 5. The van der Waals surface area contributed by atoms with Gasteiger partial charge in [-0.25, -0.2) is 4.98 Å². The van der Waals surface area contributed by atoms with Crippen molar-refractivity contribution in [3.05, 3.63) is 64.3 Å². The number of nitrogens with one attached hydrogen (secondary N) is 1. The molecule has 2 aromatic rings. The molecule has 0 aliphatic heterocycles. The lowest BCUT2D eigenvalue weighted by molar-refractivity contribution is -0.384. The Labute approximate surface area is 116 Å². The molecule has 104 valence electrons. The van der Waals surface area contributed by atoms with E-state index in [2.05, 4.69) is 10.3 Å². The van der Waals surface area contributed by atoms with Crippen molar-refractivity contribution in [3.63, 3.8) is 0 Å². The van der Waals surface area contributed by atoms with Gasteiger partial charge in [-0.3, -0.25) is 10.1 Å². The molecule has 0 aliphatic carbocycles. The summed E-state index contributed by atoms with van der Waals surface area (Å²) < 4.78 is 0. The molecular weight excluding hydrogens is 258 g/mol. The number of anilines is 1. The summed E-state index contributed by atoms with van der Waals surface area (Å²) in [7, 11) is 0. The standard InChI is InChI=1S/C14H15N3O3/c1-14(10-18,11-6-3-2-4-7-11)16-13-12(17(19)20)8-5-9-15-13/h2-9,18H,10H2,1H3,(H,15,16). The molecule has 0 saturated carbocycles. The van der Waals surface area contributed by atoms with Crippen molar-refractivity contribution in [3.8, 4) is 0 Å². The van der Waals surface area contributed by atoms with E-state index in [9.17, 15) is 15.2 Å². The van der Waals surface area contributed by atoms with Gasteiger partial charge in [-0.15, -0.1) is 0 Å². The van der Waals surface area contributed by atoms with Crippen molar-refractivity contribution >= 4 is 11.5 Å². The van der Waals surface area contributed by atoms with Gasteiger partial charge >= 0.3 is 5.69 Å². The predicted octanol–water partition coefficient (Wildman–Crippen LogP) is 2.31. The van der Waals surface area contributed by atoms with Crippen LogP contribution in [0.3, 0.4) is 0 Å². The average molecular weight is 273 g/mol. The molecule has 20 heavy (non-hydrogen) atoms. The summed E-state index contributed by atoms with van der Waals surface area (Å²) in [6.07, 6.45) is 1.47. The molecule has 6 nitrogen and oxygen atoms in total. The summed E-state index contributed by atoms with van der Waals surface area (Å²) in [5, 5.41) is 23.6. The first-order chi connectivity index (χ1) is 9.57. The molecule has 6 heteroatoms. The monoisotopic (exact) mass is 273 g/mol. The molecule has 1 unspecified atom stereocenters. The summed E-state index contributed by atoms with van der Waals surface area (Å²) in [5.74, 6) is 0.137. The fourth-order valence-electron chi connectivity index (χ4n) is 1.91. The highest BCUT2D eigenvalue weighted by Gasteiger charge is 2.29. The minimum atomic E-state index is -0.847. The van der Waals surface area contributed by atoms with Crippen LogP contribution in [0, 0.1) is 10.1 Å². The number of aliphatic hydroxyl groups excluding tert-OH is 1. The lowest BCUT2D eigenvalue weighted by Crippen LogP contribution is -2.36. The molecule has 0 spiro atoms. The summed E-state index contributed by atoms with van der Waals surface area (Å²) in [4.78, 5) is 14.5. The van der Waals surface area contributed by atoms with Crippen LogP contribution in [0.4, 0.5) is 11.5 Å². The van der Waals surface area contributed by atoms with Gasteiger partial charge in [-0.1, -0.05) is 30.3 Å². The van der Waals surface area contributed by atoms with E-state index in [1.807, 2.05) is 30.3 Å². The molecule has 0 amide bonds. The molecule has 1 aromatic carbocycles. The van der Waals surface area contributed by atoms with Gasteiger partial charge < -0.3 is 10.4 Å². The number of benzene rings is 1. The van der Waals surface area contributed by atoms with Crippen LogP contribution >= 0.6 is 0 Å². The maximum atomic E-state index is 11.0. The summed E-state index contributed by atoms with van der Waals surface area (Å²) in [6, 6.07) is 12.1. The van der Waals surface area contributed by atoms with E-state index in [0.29, 0.717) is 0 Å². The SMILES string of the molecule is CC(CO)(Nc1ncccc1[N+](=O)[O-])c1ccccc1. The second-order valence-electron chi connectivity index (χ2n) is 4.61. The van der Waals surface area contributed by atoms with Gasteiger partial charge in [-0.2, -0.15) is 0 Å². The quantitative estimate of drug-likeness (QED) is 0.644. The zero-order valence-corrected chi connectivity index (χ0v) is 11.0. The number of rotatable bonds is 5. The Kier molecular flexibility index (Phi) is 3.95. The highest BCUT2D eigenvalue weighted by Crippen LogP contribution is 2.29. The normalized spacial score (nSPS) is 13.5. The molecule has 0 bridgehead atoms. The van der Waals surface area contributed by atoms with Crippen LogP contribution in [0.25, 0.3) is 0 Å². The van der Waals surface area contributed by atoms with Crippen LogP contribution in [-0.2, 0) is 5.54 Å². The van der Waals surface area contributed by atoms with Crippen LogP contribution in [-0.4, -0.2) is 21.6 Å². The highest BCUT2D eigenvalue weighted by atomic mass is 16.6. The Hall–Kier alpha value is -2.47. The summed E-state index contributed by atoms with van der Waals surface area (Å²) >= 11 is 0. The topological polar surface area (TPSA) is 88.3 Å². The fourth-order valence-corrected chi connectivity index (χ4v) is 1.91. The van der Waals surface area contributed by atoms with Crippen LogP contribution in [0.5, 0.6) is 0 Å². The summed E-state index contributed by atoms with van der Waals surface area (Å²) in [5.41, 5.74) is -0.147. The van der Waals surface area contributed by atoms with E-state index in [-0.39, 0.29) is 18.1 Å².